The van der Waals surface area contributed by atoms with Gasteiger partial charge in [-0.05, 0) is 11.1 Å². The molecule has 2 aliphatic heterocycles. The Morgan fingerprint density at radius 3 is 1.94 bits per heavy atom. The predicted octanol–water partition coefficient (Wildman–Crippen LogP) is 3.99. The molecule has 33 heavy (non-hydrogen) atoms. The van der Waals surface area contributed by atoms with Crippen molar-refractivity contribution in [2.75, 3.05) is 6.61 Å². The van der Waals surface area contributed by atoms with Crippen molar-refractivity contribution in [2.24, 2.45) is 0 Å². The lowest BCUT2D eigenvalue weighted by atomic mass is 9.97. The van der Waals surface area contributed by atoms with Gasteiger partial charge < -0.3 is 28.8 Å². The van der Waals surface area contributed by atoms with Gasteiger partial charge in [-0.25, -0.2) is 0 Å². The molecule has 2 heterocycles. The molecule has 3 aromatic rings. The molecule has 1 unspecified atom stereocenters. The number of aliphatic hydroxyl groups is 1. The second kappa shape index (κ2) is 10.6. The minimum Gasteiger partial charge on any atom is -0.385 e. The fourth-order valence-electron chi connectivity index (χ4n) is 4.19. The van der Waals surface area contributed by atoms with Gasteiger partial charge in [0.1, 0.15) is 24.4 Å². The zero-order valence-electron chi connectivity index (χ0n) is 18.2. The quantitative estimate of drug-likeness (QED) is 0.590. The molecule has 0 saturated carbocycles. The van der Waals surface area contributed by atoms with Crippen molar-refractivity contribution in [3.63, 3.8) is 0 Å². The van der Waals surface area contributed by atoms with Gasteiger partial charge in [-0.3, -0.25) is 0 Å². The van der Waals surface area contributed by atoms with E-state index in [9.17, 15) is 5.11 Å². The number of fused-ring (bicyclic) bond motifs is 1. The highest BCUT2D eigenvalue weighted by molar-refractivity contribution is 5.17. The lowest BCUT2D eigenvalue weighted by molar-refractivity contribution is -0.368. The Kier molecular flexibility index (Phi) is 7.12. The van der Waals surface area contributed by atoms with Crippen LogP contribution in [0.1, 0.15) is 23.0 Å². The maximum absolute atomic E-state index is 11.2. The van der Waals surface area contributed by atoms with Gasteiger partial charge in [0.2, 0.25) is 0 Å². The number of benzene rings is 3. The highest BCUT2D eigenvalue weighted by Crippen LogP contribution is 2.36. The molecule has 6 atom stereocenters. The number of rotatable bonds is 7. The minimum absolute atomic E-state index is 0.313. The zero-order chi connectivity index (χ0) is 22.5. The Morgan fingerprint density at radius 2 is 1.30 bits per heavy atom. The van der Waals surface area contributed by atoms with Crippen LogP contribution in [0.25, 0.3) is 0 Å². The first-order valence-electron chi connectivity index (χ1n) is 11.2. The Balaban J connectivity index is 1.32. The molecule has 1 N–H and O–H groups in total. The van der Waals surface area contributed by atoms with E-state index >= 15 is 0 Å². The molecule has 0 aromatic heterocycles. The molecule has 172 valence electrons. The van der Waals surface area contributed by atoms with Gasteiger partial charge in [-0.1, -0.05) is 91.0 Å². The summed E-state index contributed by atoms with van der Waals surface area (Å²) in [6, 6.07) is 29.4. The topological polar surface area (TPSA) is 66.4 Å². The van der Waals surface area contributed by atoms with E-state index in [-0.39, 0.29) is 0 Å². The largest absolute Gasteiger partial charge is 0.385 e. The lowest BCUT2D eigenvalue weighted by Crippen LogP contribution is -2.62. The third-order valence-corrected chi connectivity index (χ3v) is 5.92. The summed E-state index contributed by atoms with van der Waals surface area (Å²) in [6.07, 6.45) is -3.98. The summed E-state index contributed by atoms with van der Waals surface area (Å²) in [4.78, 5) is 0. The van der Waals surface area contributed by atoms with Crippen molar-refractivity contribution in [1.82, 2.24) is 0 Å². The second-order valence-corrected chi connectivity index (χ2v) is 8.27. The van der Waals surface area contributed by atoms with Crippen LogP contribution >= 0.6 is 0 Å². The molecule has 6 heteroatoms. The molecule has 0 spiro atoms. The van der Waals surface area contributed by atoms with Crippen molar-refractivity contribution < 1.29 is 28.8 Å². The maximum atomic E-state index is 11.2. The van der Waals surface area contributed by atoms with E-state index in [4.69, 9.17) is 23.7 Å². The smallest absolute Gasteiger partial charge is 0.187 e. The van der Waals surface area contributed by atoms with Crippen LogP contribution in [0.3, 0.4) is 0 Å². The number of ether oxygens (including phenoxy) is 5. The van der Waals surface area contributed by atoms with Crippen molar-refractivity contribution in [3.8, 4) is 0 Å². The maximum Gasteiger partial charge on any atom is 0.187 e. The van der Waals surface area contributed by atoms with Crippen LogP contribution in [0.4, 0.5) is 0 Å². The van der Waals surface area contributed by atoms with Gasteiger partial charge in [-0.15, -0.1) is 0 Å². The van der Waals surface area contributed by atoms with Crippen LogP contribution in [-0.2, 0) is 36.9 Å². The van der Waals surface area contributed by atoms with Crippen molar-refractivity contribution in [1.29, 1.82) is 0 Å². The molecular weight excluding hydrogens is 420 g/mol. The van der Waals surface area contributed by atoms with Gasteiger partial charge in [0.15, 0.2) is 12.6 Å². The molecule has 2 saturated heterocycles. The van der Waals surface area contributed by atoms with Crippen molar-refractivity contribution in [2.45, 2.75) is 50.2 Å². The van der Waals surface area contributed by atoms with Crippen LogP contribution in [0, 0.1) is 0 Å². The standard InChI is InChI=1S/C27H28O6/c28-23-25(29-16-19-10-4-1-5-11-19)24-22(18-31-26(33-24)21-14-8-3-9-15-21)32-27(23)30-17-20-12-6-2-7-13-20/h1-15,22-28H,16-18H2/t22-,23-,24-,25-,26?,27+/m1/s1. The van der Waals surface area contributed by atoms with Crippen LogP contribution in [-0.4, -0.2) is 42.4 Å². The molecule has 5 rings (SSSR count). The van der Waals surface area contributed by atoms with E-state index in [0.717, 1.165) is 16.7 Å². The summed E-state index contributed by atoms with van der Waals surface area (Å²) in [7, 11) is 0. The van der Waals surface area contributed by atoms with E-state index in [0.29, 0.717) is 19.8 Å². The summed E-state index contributed by atoms with van der Waals surface area (Å²) < 4.78 is 30.5. The summed E-state index contributed by atoms with van der Waals surface area (Å²) in [5.74, 6) is 0. The van der Waals surface area contributed by atoms with Gasteiger partial charge >= 0.3 is 0 Å². The van der Waals surface area contributed by atoms with Gasteiger partial charge in [0, 0.05) is 5.56 Å². The Hall–Kier alpha value is -2.58. The average Bonchev–Trinajstić information content (AvgIpc) is 2.88. The summed E-state index contributed by atoms with van der Waals surface area (Å²) in [5.41, 5.74) is 2.92. The third-order valence-electron chi connectivity index (χ3n) is 5.92. The van der Waals surface area contributed by atoms with E-state index in [1.54, 1.807) is 0 Å². The Morgan fingerprint density at radius 1 is 0.727 bits per heavy atom. The predicted molar refractivity (Wildman–Crippen MR) is 121 cm³/mol. The van der Waals surface area contributed by atoms with Gasteiger partial charge in [-0.2, -0.15) is 0 Å². The number of hydrogen-bond acceptors (Lipinski definition) is 6. The van der Waals surface area contributed by atoms with Crippen molar-refractivity contribution in [3.05, 3.63) is 108 Å². The lowest BCUT2D eigenvalue weighted by Gasteiger charge is -2.47. The van der Waals surface area contributed by atoms with E-state index in [1.807, 2.05) is 91.0 Å². The van der Waals surface area contributed by atoms with Crippen LogP contribution in [0.2, 0.25) is 0 Å². The minimum atomic E-state index is -1.02. The van der Waals surface area contributed by atoms with E-state index in [2.05, 4.69) is 0 Å². The molecule has 6 nitrogen and oxygen atoms in total. The molecule has 0 aliphatic carbocycles. The van der Waals surface area contributed by atoms with Crippen LogP contribution in [0.15, 0.2) is 91.0 Å². The van der Waals surface area contributed by atoms with Crippen molar-refractivity contribution >= 4 is 0 Å². The van der Waals surface area contributed by atoms with E-state index in [1.165, 1.54) is 0 Å². The monoisotopic (exact) mass is 448 g/mol. The summed E-state index contributed by atoms with van der Waals surface area (Å²) in [5, 5.41) is 11.2. The van der Waals surface area contributed by atoms with Gasteiger partial charge in [0.25, 0.3) is 0 Å². The first kappa shape index (κ1) is 22.2. The molecule has 2 aliphatic rings. The molecule has 2 fully saturated rings. The summed E-state index contributed by atoms with van der Waals surface area (Å²) >= 11 is 0. The SMILES string of the molecule is O[C@H]1[C@@H](OCc2ccccc2)O[C@@H]2COC(c3ccccc3)O[C@H]2[C@@H]1OCc1ccccc1. The molecule has 0 amide bonds. The highest BCUT2D eigenvalue weighted by atomic mass is 16.8. The average molecular weight is 449 g/mol. The van der Waals surface area contributed by atoms with Gasteiger partial charge in [0.05, 0.1) is 19.8 Å². The number of hydrogen-bond donors (Lipinski definition) is 1. The first-order chi connectivity index (χ1) is 16.3. The fraction of sp³-hybridized carbons (Fsp3) is 0.333. The molecular formula is C27H28O6. The Bertz CT molecular complexity index is 983. The molecule has 0 radical (unpaired) electrons. The van der Waals surface area contributed by atoms with E-state index < -0.39 is 37.0 Å². The normalized spacial score (nSPS) is 29.4. The summed E-state index contributed by atoms with van der Waals surface area (Å²) in [6.45, 7) is 0.977. The first-order valence-corrected chi connectivity index (χ1v) is 11.2. The fourth-order valence-corrected chi connectivity index (χ4v) is 4.19. The number of aliphatic hydroxyl groups excluding tert-OH is 1. The Labute approximate surface area is 193 Å². The van der Waals surface area contributed by atoms with Crippen LogP contribution in [0.5, 0.6) is 0 Å². The third kappa shape index (κ3) is 5.33. The molecule has 3 aromatic carbocycles. The molecule has 0 bridgehead atoms. The second-order valence-electron chi connectivity index (χ2n) is 8.27. The zero-order valence-corrected chi connectivity index (χ0v) is 18.2. The highest BCUT2D eigenvalue weighted by Gasteiger charge is 2.50. The van der Waals surface area contributed by atoms with Crippen LogP contribution < -0.4 is 0 Å².